The van der Waals surface area contributed by atoms with Crippen molar-refractivity contribution >= 4 is 23.5 Å². The minimum absolute atomic E-state index is 0.271. The van der Waals surface area contributed by atoms with Gasteiger partial charge in [0.25, 0.3) is 0 Å². The van der Waals surface area contributed by atoms with Gasteiger partial charge in [-0.25, -0.2) is 9.59 Å². The largest absolute Gasteiger partial charge is 0.426 e. The molecule has 0 aromatic rings. The fourth-order valence-corrected chi connectivity index (χ4v) is 0.555. The van der Waals surface area contributed by atoms with E-state index in [2.05, 4.69) is 9.47 Å². The maximum Gasteiger partial charge on any atom is 0.337 e. The van der Waals surface area contributed by atoms with Crippen molar-refractivity contribution in [1.82, 2.24) is 0 Å². The third-order valence-electron chi connectivity index (χ3n) is 0.821. The van der Waals surface area contributed by atoms with Crippen molar-refractivity contribution in [1.29, 1.82) is 0 Å². The highest BCUT2D eigenvalue weighted by molar-refractivity contribution is 6.29. The average molecular weight is 175 g/mol. The van der Waals surface area contributed by atoms with E-state index >= 15 is 0 Å². The molecule has 0 bridgehead atoms. The van der Waals surface area contributed by atoms with Crippen LogP contribution in [0.1, 0.15) is 0 Å². The molecule has 1 aliphatic heterocycles. The van der Waals surface area contributed by atoms with E-state index in [1.54, 1.807) is 0 Å². The second-order valence-electron chi connectivity index (χ2n) is 1.61. The molecule has 0 aromatic carbocycles. The lowest BCUT2D eigenvalue weighted by molar-refractivity contribution is -0.137. The third kappa shape index (κ3) is 2.43. The molecule has 0 spiro atoms. The normalized spacial score (nSPS) is 25.4. The smallest absolute Gasteiger partial charge is 0.337 e. The standard InChI is InChI=1S/C6H3ClO4/c7-4-3-10-5(8)1-2-6(9)11-4/h1-3H/b2-1-,4-3-. The summed E-state index contributed by atoms with van der Waals surface area (Å²) in [5.74, 6) is -1.37. The average Bonchev–Trinajstić information content (AvgIpc) is 1.95. The second kappa shape index (κ2) is 3.21. The number of carbonyl (C=O) groups is 2. The maximum absolute atomic E-state index is 10.5. The van der Waals surface area contributed by atoms with Crippen molar-refractivity contribution in [3.05, 3.63) is 23.6 Å². The summed E-state index contributed by atoms with van der Waals surface area (Å²) in [6.45, 7) is 0. The Kier molecular flexibility index (Phi) is 2.28. The summed E-state index contributed by atoms with van der Waals surface area (Å²) in [5, 5.41) is -0.271. The molecule has 1 aliphatic rings. The number of hydrogen-bond donors (Lipinski definition) is 0. The van der Waals surface area contributed by atoms with E-state index in [0.717, 1.165) is 18.4 Å². The summed E-state index contributed by atoms with van der Waals surface area (Å²) in [6.07, 6.45) is 2.73. The molecule has 0 aromatic heterocycles. The Morgan fingerprint density at radius 3 is 2.55 bits per heavy atom. The Hall–Kier alpha value is -1.29. The van der Waals surface area contributed by atoms with Crippen LogP contribution in [0.25, 0.3) is 0 Å². The summed E-state index contributed by atoms with van der Waals surface area (Å²) >= 11 is 5.26. The Labute approximate surface area is 67.0 Å². The summed E-state index contributed by atoms with van der Waals surface area (Å²) < 4.78 is 8.71. The van der Waals surface area contributed by atoms with Crippen LogP contribution in [0.4, 0.5) is 0 Å². The Bertz CT molecular complexity index is 253. The van der Waals surface area contributed by atoms with Gasteiger partial charge in [0.2, 0.25) is 5.22 Å². The monoisotopic (exact) mass is 174 g/mol. The SMILES string of the molecule is O=C1/C=C\C(=O)O/C(Cl)=C\O1. The maximum atomic E-state index is 10.5. The first kappa shape index (κ1) is 7.81. The van der Waals surface area contributed by atoms with E-state index in [9.17, 15) is 9.59 Å². The van der Waals surface area contributed by atoms with Crippen LogP contribution in [0.2, 0.25) is 0 Å². The van der Waals surface area contributed by atoms with E-state index in [0.29, 0.717) is 0 Å². The van der Waals surface area contributed by atoms with Crippen LogP contribution in [0.15, 0.2) is 23.6 Å². The number of carbonyl (C=O) groups excluding carboxylic acids is 2. The second-order valence-corrected chi connectivity index (χ2v) is 1.99. The van der Waals surface area contributed by atoms with Gasteiger partial charge >= 0.3 is 11.9 Å². The Morgan fingerprint density at radius 1 is 1.18 bits per heavy atom. The van der Waals surface area contributed by atoms with E-state index in [1.165, 1.54) is 0 Å². The fraction of sp³-hybridized carbons (Fsp3) is 0. The zero-order valence-corrected chi connectivity index (χ0v) is 6.00. The topological polar surface area (TPSA) is 52.6 Å². The Balaban J connectivity index is 2.78. The van der Waals surface area contributed by atoms with E-state index in [-0.39, 0.29) is 5.22 Å². The van der Waals surface area contributed by atoms with Crippen LogP contribution >= 0.6 is 11.6 Å². The minimum Gasteiger partial charge on any atom is -0.426 e. The molecule has 0 atom stereocenters. The van der Waals surface area contributed by atoms with Crippen LogP contribution in [0.5, 0.6) is 0 Å². The number of ether oxygens (including phenoxy) is 2. The number of halogens is 1. The van der Waals surface area contributed by atoms with Gasteiger partial charge in [-0.1, -0.05) is 0 Å². The van der Waals surface area contributed by atoms with Crippen molar-refractivity contribution in [3.8, 4) is 0 Å². The molecule has 0 unspecified atom stereocenters. The van der Waals surface area contributed by atoms with Gasteiger partial charge < -0.3 is 9.47 Å². The first-order valence-electron chi connectivity index (χ1n) is 2.64. The molecule has 11 heavy (non-hydrogen) atoms. The van der Waals surface area contributed by atoms with Gasteiger partial charge in [-0.05, 0) is 11.6 Å². The van der Waals surface area contributed by atoms with Crippen LogP contribution < -0.4 is 0 Å². The number of hydrogen-bond acceptors (Lipinski definition) is 4. The molecule has 5 heteroatoms. The van der Waals surface area contributed by atoms with Crippen molar-refractivity contribution in [3.63, 3.8) is 0 Å². The highest BCUT2D eigenvalue weighted by atomic mass is 35.5. The molecule has 0 saturated carbocycles. The van der Waals surface area contributed by atoms with E-state index in [1.807, 2.05) is 0 Å². The van der Waals surface area contributed by atoms with Crippen LogP contribution in [-0.4, -0.2) is 11.9 Å². The highest BCUT2D eigenvalue weighted by Gasteiger charge is 2.07. The van der Waals surface area contributed by atoms with Gasteiger partial charge in [0.1, 0.15) is 6.26 Å². The summed E-state index contributed by atoms with van der Waals surface area (Å²) in [5.41, 5.74) is 0. The van der Waals surface area contributed by atoms with Crippen LogP contribution in [0, 0.1) is 0 Å². The van der Waals surface area contributed by atoms with E-state index in [4.69, 9.17) is 11.6 Å². The van der Waals surface area contributed by atoms with E-state index < -0.39 is 11.9 Å². The molecule has 4 nitrogen and oxygen atoms in total. The van der Waals surface area contributed by atoms with Gasteiger partial charge in [-0.15, -0.1) is 0 Å². The summed E-state index contributed by atoms with van der Waals surface area (Å²) in [6, 6.07) is 0. The highest BCUT2D eigenvalue weighted by Crippen LogP contribution is 2.06. The van der Waals surface area contributed by atoms with Crippen molar-refractivity contribution < 1.29 is 19.1 Å². The molecule has 0 amide bonds. The van der Waals surface area contributed by atoms with Crippen molar-refractivity contribution in [2.24, 2.45) is 0 Å². The molecule has 0 radical (unpaired) electrons. The molecular formula is C6H3ClO4. The predicted molar refractivity (Wildman–Crippen MR) is 35.3 cm³/mol. The van der Waals surface area contributed by atoms with Crippen LogP contribution in [-0.2, 0) is 19.1 Å². The zero-order chi connectivity index (χ0) is 8.27. The lowest BCUT2D eigenvalue weighted by atomic mass is 10.5. The molecule has 58 valence electrons. The molecule has 1 heterocycles. The van der Waals surface area contributed by atoms with Gasteiger partial charge in [0, 0.05) is 12.2 Å². The zero-order valence-electron chi connectivity index (χ0n) is 5.24. The van der Waals surface area contributed by atoms with Gasteiger partial charge in [-0.3, -0.25) is 0 Å². The summed E-state index contributed by atoms with van der Waals surface area (Å²) in [7, 11) is 0. The number of cyclic esters (lactones) is 2. The quantitative estimate of drug-likeness (QED) is 0.507. The molecule has 0 N–H and O–H groups in total. The van der Waals surface area contributed by atoms with Gasteiger partial charge in [0.15, 0.2) is 0 Å². The minimum atomic E-state index is -0.706. The van der Waals surface area contributed by atoms with Gasteiger partial charge in [0.05, 0.1) is 0 Å². The lowest BCUT2D eigenvalue weighted by Gasteiger charge is -2.01. The molecule has 0 saturated heterocycles. The molecule has 0 aliphatic carbocycles. The predicted octanol–water partition coefficient (Wildman–Crippen LogP) is 0.680. The number of esters is 2. The number of rotatable bonds is 0. The summed E-state index contributed by atoms with van der Waals surface area (Å²) in [4.78, 5) is 21.1. The Morgan fingerprint density at radius 2 is 1.82 bits per heavy atom. The van der Waals surface area contributed by atoms with Gasteiger partial charge in [-0.2, -0.15) is 0 Å². The van der Waals surface area contributed by atoms with Crippen molar-refractivity contribution in [2.75, 3.05) is 0 Å². The lowest BCUT2D eigenvalue weighted by Crippen LogP contribution is -2.04. The molecular weight excluding hydrogens is 172 g/mol. The van der Waals surface area contributed by atoms with Crippen LogP contribution in [0.3, 0.4) is 0 Å². The van der Waals surface area contributed by atoms with Crippen molar-refractivity contribution in [2.45, 2.75) is 0 Å². The fourth-order valence-electron chi connectivity index (χ4n) is 0.434. The third-order valence-corrected chi connectivity index (χ3v) is 0.988. The first-order chi connectivity index (χ1) is 5.18. The molecule has 0 fully saturated rings. The molecule has 1 rings (SSSR count). The first-order valence-corrected chi connectivity index (χ1v) is 3.02.